The molecular weight excluding hydrogens is 302 g/mol. The molecular formula is C20H19NO3. The van der Waals surface area contributed by atoms with Gasteiger partial charge < -0.3 is 10.4 Å². The number of carboxylic acid groups (broad SMARTS) is 1. The van der Waals surface area contributed by atoms with Crippen LogP contribution in [-0.4, -0.2) is 17.0 Å². The van der Waals surface area contributed by atoms with Crippen molar-refractivity contribution in [2.75, 3.05) is 5.32 Å². The van der Waals surface area contributed by atoms with Crippen molar-refractivity contribution in [3.63, 3.8) is 0 Å². The topological polar surface area (TPSA) is 66.4 Å². The number of carboxylic acids is 1. The number of carbonyl (C=O) groups is 2. The molecule has 0 saturated carbocycles. The SMILES string of the molecule is CC1(C)CC=Cc2cc(C(=O)Nc3ccc(C(=O)O)cc3)ccc21. The minimum atomic E-state index is -0.989. The number of hydrogen-bond acceptors (Lipinski definition) is 2. The van der Waals surface area contributed by atoms with Gasteiger partial charge in [-0.05, 0) is 59.4 Å². The van der Waals surface area contributed by atoms with E-state index < -0.39 is 5.97 Å². The van der Waals surface area contributed by atoms with Crippen LogP contribution in [0.1, 0.15) is 52.1 Å². The molecule has 1 aliphatic rings. The van der Waals surface area contributed by atoms with Crippen LogP contribution in [0.2, 0.25) is 0 Å². The Balaban J connectivity index is 1.81. The van der Waals surface area contributed by atoms with E-state index in [0.29, 0.717) is 11.3 Å². The Kier molecular flexibility index (Phi) is 3.97. The molecule has 0 saturated heterocycles. The van der Waals surface area contributed by atoms with Gasteiger partial charge in [0.25, 0.3) is 5.91 Å². The van der Waals surface area contributed by atoms with E-state index in [4.69, 9.17) is 5.11 Å². The van der Waals surface area contributed by atoms with Gasteiger partial charge in [-0.15, -0.1) is 0 Å². The molecule has 0 aliphatic heterocycles. The van der Waals surface area contributed by atoms with E-state index in [-0.39, 0.29) is 16.9 Å². The van der Waals surface area contributed by atoms with Gasteiger partial charge in [-0.2, -0.15) is 0 Å². The number of allylic oxidation sites excluding steroid dienone is 1. The Labute approximate surface area is 140 Å². The third-order valence-corrected chi connectivity index (χ3v) is 4.36. The summed E-state index contributed by atoms with van der Waals surface area (Å²) >= 11 is 0. The third-order valence-electron chi connectivity index (χ3n) is 4.36. The maximum atomic E-state index is 12.4. The number of anilines is 1. The molecule has 24 heavy (non-hydrogen) atoms. The normalized spacial score (nSPS) is 14.8. The molecule has 0 atom stereocenters. The van der Waals surface area contributed by atoms with Gasteiger partial charge in [0.2, 0.25) is 0 Å². The molecule has 0 bridgehead atoms. The van der Waals surface area contributed by atoms with Gasteiger partial charge in [-0.3, -0.25) is 4.79 Å². The highest BCUT2D eigenvalue weighted by atomic mass is 16.4. The smallest absolute Gasteiger partial charge is 0.335 e. The molecule has 0 fully saturated rings. The Bertz CT molecular complexity index is 832. The molecule has 2 aromatic rings. The lowest BCUT2D eigenvalue weighted by Gasteiger charge is -2.29. The number of amides is 1. The number of rotatable bonds is 3. The molecule has 1 amide bonds. The minimum absolute atomic E-state index is 0.0752. The van der Waals surface area contributed by atoms with Crippen molar-refractivity contribution in [1.29, 1.82) is 0 Å². The number of hydrogen-bond donors (Lipinski definition) is 2. The second-order valence-corrected chi connectivity index (χ2v) is 6.63. The summed E-state index contributed by atoms with van der Waals surface area (Å²) < 4.78 is 0. The molecule has 122 valence electrons. The van der Waals surface area contributed by atoms with Gasteiger partial charge in [-0.1, -0.05) is 32.1 Å². The highest BCUT2D eigenvalue weighted by Gasteiger charge is 2.25. The van der Waals surface area contributed by atoms with Crippen LogP contribution in [0.3, 0.4) is 0 Å². The zero-order chi connectivity index (χ0) is 17.3. The fourth-order valence-electron chi connectivity index (χ4n) is 2.95. The monoisotopic (exact) mass is 321 g/mol. The van der Waals surface area contributed by atoms with Crippen LogP contribution in [0.15, 0.2) is 48.5 Å². The lowest BCUT2D eigenvalue weighted by molar-refractivity contribution is 0.0696. The Morgan fingerprint density at radius 2 is 1.71 bits per heavy atom. The van der Waals surface area contributed by atoms with Crippen molar-refractivity contribution in [3.05, 3.63) is 70.8 Å². The predicted molar refractivity (Wildman–Crippen MR) is 94.5 cm³/mol. The predicted octanol–water partition coefficient (Wildman–Crippen LogP) is 4.33. The molecule has 0 spiro atoms. The van der Waals surface area contributed by atoms with Gasteiger partial charge in [0.1, 0.15) is 0 Å². The number of fused-ring (bicyclic) bond motifs is 1. The summed E-state index contributed by atoms with van der Waals surface area (Å²) in [6, 6.07) is 11.9. The second-order valence-electron chi connectivity index (χ2n) is 6.63. The van der Waals surface area contributed by atoms with Crippen molar-refractivity contribution < 1.29 is 14.7 Å². The number of aromatic carboxylic acids is 1. The summed E-state index contributed by atoms with van der Waals surface area (Å²) in [4.78, 5) is 23.3. The molecule has 4 nitrogen and oxygen atoms in total. The largest absolute Gasteiger partial charge is 0.478 e. The molecule has 0 radical (unpaired) electrons. The van der Waals surface area contributed by atoms with E-state index in [9.17, 15) is 9.59 Å². The standard InChI is InChI=1S/C20H19NO3/c1-20(2)11-3-4-14-12-15(7-10-17(14)20)18(22)21-16-8-5-13(6-9-16)19(23)24/h3-10,12H,11H2,1-2H3,(H,21,22)(H,23,24). The molecule has 1 aliphatic carbocycles. The first-order valence-electron chi connectivity index (χ1n) is 7.83. The summed E-state index contributed by atoms with van der Waals surface area (Å²) in [5.74, 6) is -1.20. The van der Waals surface area contributed by atoms with Gasteiger partial charge in [0.05, 0.1) is 5.56 Å². The second kappa shape index (κ2) is 5.96. The molecule has 0 heterocycles. The Morgan fingerprint density at radius 1 is 1.04 bits per heavy atom. The number of carbonyl (C=O) groups excluding carboxylic acids is 1. The van der Waals surface area contributed by atoms with Crippen LogP contribution in [0.5, 0.6) is 0 Å². The van der Waals surface area contributed by atoms with Crippen LogP contribution in [0.25, 0.3) is 6.08 Å². The molecule has 0 unspecified atom stereocenters. The maximum absolute atomic E-state index is 12.4. The van der Waals surface area contributed by atoms with E-state index in [1.54, 1.807) is 12.1 Å². The molecule has 3 rings (SSSR count). The van der Waals surface area contributed by atoms with Crippen molar-refractivity contribution in [2.24, 2.45) is 0 Å². The van der Waals surface area contributed by atoms with Crippen molar-refractivity contribution >= 4 is 23.6 Å². The quantitative estimate of drug-likeness (QED) is 0.884. The lowest BCUT2D eigenvalue weighted by atomic mass is 9.75. The Morgan fingerprint density at radius 3 is 2.38 bits per heavy atom. The van der Waals surface area contributed by atoms with Gasteiger partial charge in [0, 0.05) is 11.3 Å². The van der Waals surface area contributed by atoms with Crippen LogP contribution in [0.4, 0.5) is 5.69 Å². The Hall–Kier alpha value is -2.88. The van der Waals surface area contributed by atoms with Crippen LogP contribution >= 0.6 is 0 Å². The van der Waals surface area contributed by atoms with Crippen LogP contribution < -0.4 is 5.32 Å². The van der Waals surface area contributed by atoms with E-state index in [0.717, 1.165) is 12.0 Å². The fraction of sp³-hybridized carbons (Fsp3) is 0.200. The highest BCUT2D eigenvalue weighted by molar-refractivity contribution is 6.05. The summed E-state index contributed by atoms with van der Waals surface area (Å²) in [6.45, 7) is 4.39. The van der Waals surface area contributed by atoms with Crippen LogP contribution in [0, 0.1) is 0 Å². The van der Waals surface area contributed by atoms with E-state index in [1.807, 2.05) is 18.2 Å². The zero-order valence-electron chi connectivity index (χ0n) is 13.7. The molecule has 4 heteroatoms. The maximum Gasteiger partial charge on any atom is 0.335 e. The van der Waals surface area contributed by atoms with Crippen molar-refractivity contribution in [3.8, 4) is 0 Å². The lowest BCUT2D eigenvalue weighted by Crippen LogP contribution is -2.21. The average Bonchev–Trinajstić information content (AvgIpc) is 2.54. The van der Waals surface area contributed by atoms with Crippen LogP contribution in [-0.2, 0) is 5.41 Å². The van der Waals surface area contributed by atoms with E-state index in [2.05, 4.69) is 31.3 Å². The fourth-order valence-corrected chi connectivity index (χ4v) is 2.95. The first-order valence-corrected chi connectivity index (χ1v) is 7.83. The number of nitrogens with one attached hydrogen (secondary N) is 1. The van der Waals surface area contributed by atoms with E-state index in [1.165, 1.54) is 17.7 Å². The zero-order valence-corrected chi connectivity index (χ0v) is 13.7. The minimum Gasteiger partial charge on any atom is -0.478 e. The molecule has 2 N–H and O–H groups in total. The number of benzene rings is 2. The van der Waals surface area contributed by atoms with E-state index >= 15 is 0 Å². The summed E-state index contributed by atoms with van der Waals surface area (Å²) in [6.07, 6.45) is 5.18. The van der Waals surface area contributed by atoms with Crippen molar-refractivity contribution in [1.82, 2.24) is 0 Å². The van der Waals surface area contributed by atoms with Gasteiger partial charge >= 0.3 is 5.97 Å². The average molecular weight is 321 g/mol. The van der Waals surface area contributed by atoms with Gasteiger partial charge in [-0.25, -0.2) is 4.79 Å². The van der Waals surface area contributed by atoms with Gasteiger partial charge in [0.15, 0.2) is 0 Å². The highest BCUT2D eigenvalue weighted by Crippen LogP contribution is 2.35. The first kappa shape index (κ1) is 16.0. The summed E-state index contributed by atoms with van der Waals surface area (Å²) in [5.41, 5.74) is 3.73. The van der Waals surface area contributed by atoms with Crippen molar-refractivity contribution in [2.45, 2.75) is 25.7 Å². The molecule has 2 aromatic carbocycles. The third kappa shape index (κ3) is 3.08. The summed E-state index contributed by atoms with van der Waals surface area (Å²) in [7, 11) is 0. The molecule has 0 aromatic heterocycles. The first-order chi connectivity index (χ1) is 11.4. The summed E-state index contributed by atoms with van der Waals surface area (Å²) in [5, 5.41) is 11.7.